The number of piperidine rings is 1. The molecule has 2 rings (SSSR count). The quantitative estimate of drug-likeness (QED) is 0.793. The molecule has 1 N–H and O–H groups in total. The van der Waals surface area contributed by atoms with Crippen LogP contribution in [0, 0.1) is 5.92 Å². The van der Waals surface area contributed by atoms with E-state index in [0.717, 1.165) is 32.0 Å². The Morgan fingerprint density at radius 3 is 3.07 bits per heavy atom. The summed E-state index contributed by atoms with van der Waals surface area (Å²) >= 11 is 1.62. The monoisotopic (exact) mass is 250 g/mol. The molecule has 0 radical (unpaired) electrons. The number of thioether (sulfide) groups is 1. The van der Waals surface area contributed by atoms with E-state index in [1.165, 1.54) is 6.42 Å². The van der Waals surface area contributed by atoms with Gasteiger partial charge in [-0.2, -0.15) is 11.8 Å². The van der Waals surface area contributed by atoms with Gasteiger partial charge in [0, 0.05) is 19.1 Å². The van der Waals surface area contributed by atoms with Gasteiger partial charge in [0.25, 0.3) is 0 Å². The number of carbonyl (C=O) groups excluding carboxylic acids is 1. The lowest BCUT2D eigenvalue weighted by atomic mass is 9.93. The minimum absolute atomic E-state index is 0. The fraction of sp³-hybridized carbons (Fsp3) is 0.900. The zero-order valence-corrected chi connectivity index (χ0v) is 10.7. The van der Waals surface area contributed by atoms with E-state index in [0.29, 0.717) is 17.7 Å². The molecule has 2 unspecified atom stereocenters. The third kappa shape index (κ3) is 3.02. The maximum absolute atomic E-state index is 11.7. The summed E-state index contributed by atoms with van der Waals surface area (Å²) in [5, 5.41) is 3.51. The lowest BCUT2D eigenvalue weighted by Crippen LogP contribution is -2.47. The van der Waals surface area contributed by atoms with E-state index in [9.17, 15) is 4.79 Å². The van der Waals surface area contributed by atoms with Crippen LogP contribution >= 0.6 is 24.2 Å². The number of hydrogen-bond acceptors (Lipinski definition) is 3. The number of likely N-dealkylation sites (tertiary alicyclic amines) is 1. The summed E-state index contributed by atoms with van der Waals surface area (Å²) in [6.07, 6.45) is 4.38. The number of hydrogen-bond donors (Lipinski definition) is 1. The average Bonchev–Trinajstić information content (AvgIpc) is 2.64. The van der Waals surface area contributed by atoms with Gasteiger partial charge < -0.3 is 10.2 Å². The van der Waals surface area contributed by atoms with Crippen LogP contribution in [0.2, 0.25) is 0 Å². The SMILES string of the molecule is CSCC(=O)N1CCC2NCCC2C1.Cl. The minimum atomic E-state index is 0. The van der Waals surface area contributed by atoms with Crippen LogP contribution in [0.4, 0.5) is 0 Å². The Bertz CT molecular complexity index is 227. The fourth-order valence-corrected chi connectivity index (χ4v) is 2.92. The fourth-order valence-electron chi connectivity index (χ4n) is 2.49. The number of rotatable bonds is 2. The Morgan fingerprint density at radius 1 is 1.53 bits per heavy atom. The molecule has 2 saturated heterocycles. The molecule has 0 aromatic carbocycles. The molecular formula is C10H19ClN2OS. The molecule has 15 heavy (non-hydrogen) atoms. The van der Waals surface area contributed by atoms with Gasteiger partial charge in [0.1, 0.15) is 0 Å². The molecule has 0 bridgehead atoms. The zero-order chi connectivity index (χ0) is 9.97. The lowest BCUT2D eigenvalue weighted by Gasteiger charge is -2.34. The van der Waals surface area contributed by atoms with Crippen molar-refractivity contribution >= 4 is 30.1 Å². The maximum atomic E-state index is 11.7. The summed E-state index contributed by atoms with van der Waals surface area (Å²) in [5.41, 5.74) is 0. The number of carbonyl (C=O) groups is 1. The summed E-state index contributed by atoms with van der Waals surface area (Å²) in [6.45, 7) is 3.07. The van der Waals surface area contributed by atoms with E-state index in [1.807, 2.05) is 11.2 Å². The van der Waals surface area contributed by atoms with Gasteiger partial charge in [-0.1, -0.05) is 0 Å². The van der Waals surface area contributed by atoms with Gasteiger partial charge in [-0.15, -0.1) is 12.4 Å². The second-order valence-electron chi connectivity index (χ2n) is 4.17. The van der Waals surface area contributed by atoms with Crippen LogP contribution in [-0.4, -0.2) is 48.5 Å². The maximum Gasteiger partial charge on any atom is 0.232 e. The third-order valence-electron chi connectivity index (χ3n) is 3.28. The van der Waals surface area contributed by atoms with E-state index in [1.54, 1.807) is 11.8 Å². The van der Waals surface area contributed by atoms with Crippen LogP contribution in [0.15, 0.2) is 0 Å². The Balaban J connectivity index is 0.00000112. The summed E-state index contributed by atoms with van der Waals surface area (Å²) in [5.74, 6) is 1.68. The number of nitrogens with zero attached hydrogens (tertiary/aromatic N) is 1. The Morgan fingerprint density at radius 2 is 2.33 bits per heavy atom. The molecule has 0 aliphatic carbocycles. The Hall–Kier alpha value is 0.0700. The predicted molar refractivity (Wildman–Crippen MR) is 66.7 cm³/mol. The van der Waals surface area contributed by atoms with Crippen molar-refractivity contribution in [2.24, 2.45) is 5.92 Å². The highest BCUT2D eigenvalue weighted by Gasteiger charge is 2.33. The summed E-state index contributed by atoms with van der Waals surface area (Å²) in [6, 6.07) is 0.688. The van der Waals surface area contributed by atoms with Crippen LogP contribution < -0.4 is 5.32 Å². The summed E-state index contributed by atoms with van der Waals surface area (Å²) in [7, 11) is 0. The number of nitrogens with one attached hydrogen (secondary N) is 1. The average molecular weight is 251 g/mol. The second-order valence-corrected chi connectivity index (χ2v) is 5.04. The van der Waals surface area contributed by atoms with Gasteiger partial charge >= 0.3 is 0 Å². The van der Waals surface area contributed by atoms with Crippen LogP contribution in [0.25, 0.3) is 0 Å². The third-order valence-corrected chi connectivity index (χ3v) is 3.81. The standard InChI is InChI=1S/C10H18N2OS.ClH/c1-14-7-10(13)12-5-3-9-8(6-12)2-4-11-9;/h8-9,11H,2-7H2,1H3;1H. The highest BCUT2D eigenvalue weighted by molar-refractivity contribution is 7.99. The number of fused-ring (bicyclic) bond motifs is 1. The molecule has 2 aliphatic heterocycles. The molecular weight excluding hydrogens is 232 g/mol. The van der Waals surface area contributed by atoms with Crippen LogP contribution in [0.1, 0.15) is 12.8 Å². The van der Waals surface area contributed by atoms with Gasteiger partial charge in [0.15, 0.2) is 0 Å². The van der Waals surface area contributed by atoms with Crippen LogP contribution in [0.3, 0.4) is 0 Å². The molecule has 2 fully saturated rings. The van der Waals surface area contributed by atoms with Gasteiger partial charge in [-0.3, -0.25) is 4.79 Å². The highest BCUT2D eigenvalue weighted by atomic mass is 35.5. The van der Waals surface area contributed by atoms with Gasteiger partial charge in [0.05, 0.1) is 5.75 Å². The zero-order valence-electron chi connectivity index (χ0n) is 9.07. The first kappa shape index (κ1) is 13.1. The van der Waals surface area contributed by atoms with Gasteiger partial charge in [-0.25, -0.2) is 0 Å². The van der Waals surface area contributed by atoms with Gasteiger partial charge in [-0.05, 0) is 31.6 Å². The van der Waals surface area contributed by atoms with Crippen molar-refractivity contribution in [1.82, 2.24) is 10.2 Å². The summed E-state index contributed by atoms with van der Waals surface area (Å²) in [4.78, 5) is 13.7. The van der Waals surface area contributed by atoms with E-state index < -0.39 is 0 Å². The van der Waals surface area contributed by atoms with Crippen molar-refractivity contribution in [2.75, 3.05) is 31.6 Å². The molecule has 88 valence electrons. The second kappa shape index (κ2) is 5.97. The highest BCUT2D eigenvalue weighted by Crippen LogP contribution is 2.24. The molecule has 0 aromatic heterocycles. The molecule has 0 aromatic rings. The normalized spacial score (nSPS) is 29.5. The van der Waals surface area contributed by atoms with E-state index in [4.69, 9.17) is 0 Å². The Labute approximate surface area is 102 Å². The largest absolute Gasteiger partial charge is 0.342 e. The summed E-state index contributed by atoms with van der Waals surface area (Å²) < 4.78 is 0. The predicted octanol–water partition coefficient (Wildman–Crippen LogP) is 0.982. The molecule has 2 atom stereocenters. The Kier molecular flexibility index (Phi) is 5.23. The van der Waals surface area contributed by atoms with Gasteiger partial charge in [0.2, 0.25) is 5.91 Å². The van der Waals surface area contributed by atoms with Crippen molar-refractivity contribution in [1.29, 1.82) is 0 Å². The molecule has 5 heteroatoms. The lowest BCUT2D eigenvalue weighted by molar-refractivity contribution is -0.130. The van der Waals surface area contributed by atoms with Crippen molar-refractivity contribution in [2.45, 2.75) is 18.9 Å². The molecule has 0 spiro atoms. The number of halogens is 1. The smallest absolute Gasteiger partial charge is 0.232 e. The minimum Gasteiger partial charge on any atom is -0.342 e. The molecule has 2 aliphatic rings. The number of amides is 1. The molecule has 1 amide bonds. The van der Waals surface area contributed by atoms with E-state index in [-0.39, 0.29) is 12.4 Å². The molecule has 0 saturated carbocycles. The first-order valence-electron chi connectivity index (χ1n) is 5.31. The first-order chi connectivity index (χ1) is 6.81. The topological polar surface area (TPSA) is 32.3 Å². The van der Waals surface area contributed by atoms with Crippen molar-refractivity contribution in [3.63, 3.8) is 0 Å². The van der Waals surface area contributed by atoms with Crippen LogP contribution in [-0.2, 0) is 4.79 Å². The van der Waals surface area contributed by atoms with Crippen LogP contribution in [0.5, 0.6) is 0 Å². The molecule has 3 nitrogen and oxygen atoms in total. The van der Waals surface area contributed by atoms with E-state index >= 15 is 0 Å². The molecule has 2 heterocycles. The van der Waals surface area contributed by atoms with Crippen molar-refractivity contribution in [3.05, 3.63) is 0 Å². The van der Waals surface area contributed by atoms with Crippen molar-refractivity contribution in [3.8, 4) is 0 Å². The van der Waals surface area contributed by atoms with Crippen molar-refractivity contribution < 1.29 is 4.79 Å². The first-order valence-corrected chi connectivity index (χ1v) is 6.70. The van der Waals surface area contributed by atoms with E-state index in [2.05, 4.69) is 5.32 Å².